The summed E-state index contributed by atoms with van der Waals surface area (Å²) in [4.78, 5) is 125. The molecule has 0 aliphatic carbocycles. The Balaban J connectivity index is 2.78. The lowest BCUT2D eigenvalue weighted by atomic mass is 9.97. The summed E-state index contributed by atoms with van der Waals surface area (Å²) in [7, 11) is 0. The minimum absolute atomic E-state index is 0.0726. The van der Waals surface area contributed by atoms with Gasteiger partial charge in [-0.1, -0.05) is 20.3 Å². The molecule has 0 radical (unpaired) electrons. The van der Waals surface area contributed by atoms with E-state index in [1.165, 1.54) is 13.8 Å². The van der Waals surface area contributed by atoms with E-state index in [1.54, 1.807) is 13.8 Å². The van der Waals surface area contributed by atoms with Gasteiger partial charge in [0.15, 0.2) is 0 Å². The molecule has 9 amide bonds. The molecule has 24 heteroatoms. The van der Waals surface area contributed by atoms with Crippen LogP contribution in [0.15, 0.2) is 0 Å². The molecule has 24 nitrogen and oxygen atoms in total. The third-order valence-electron chi connectivity index (χ3n) is 9.20. The van der Waals surface area contributed by atoms with Gasteiger partial charge in [-0.3, -0.25) is 43.2 Å². The van der Waals surface area contributed by atoms with E-state index in [0.29, 0.717) is 32.2 Å². The normalized spacial score (nSPS) is 16.9. The van der Waals surface area contributed by atoms with Gasteiger partial charge in [0, 0.05) is 0 Å². The van der Waals surface area contributed by atoms with E-state index in [1.807, 2.05) is 5.32 Å². The van der Waals surface area contributed by atoms with Crippen molar-refractivity contribution in [2.45, 2.75) is 109 Å². The first kappa shape index (κ1) is 51.6. The van der Waals surface area contributed by atoms with Crippen LogP contribution >= 0.6 is 0 Å². The maximum absolute atomic E-state index is 13.5. The van der Waals surface area contributed by atoms with Gasteiger partial charge >= 0.3 is 5.97 Å². The number of carboxylic acids is 1. The predicted octanol–water partition coefficient (Wildman–Crippen LogP) is -6.72. The Morgan fingerprint density at radius 3 is 1.80 bits per heavy atom. The molecule has 1 aliphatic rings. The highest BCUT2D eigenvalue weighted by Crippen LogP contribution is 2.11. The minimum Gasteiger partial charge on any atom is -0.480 e. The first-order valence-electron chi connectivity index (χ1n) is 19.4. The Morgan fingerprint density at radius 1 is 0.644 bits per heavy atom. The smallest absolute Gasteiger partial charge is 0.328 e. The van der Waals surface area contributed by atoms with Crippen molar-refractivity contribution in [1.29, 1.82) is 0 Å². The summed E-state index contributed by atoms with van der Waals surface area (Å²) in [5.74, 6) is -8.95. The van der Waals surface area contributed by atoms with Crippen LogP contribution in [0.4, 0.5) is 0 Å². The monoisotopic (exact) mass is 843 g/mol. The molecule has 1 heterocycles. The van der Waals surface area contributed by atoms with E-state index in [4.69, 9.17) is 15.9 Å². The number of aliphatic hydroxyl groups is 2. The largest absolute Gasteiger partial charge is 0.480 e. The van der Waals surface area contributed by atoms with E-state index < -0.39 is 122 Å². The molecule has 59 heavy (non-hydrogen) atoms. The van der Waals surface area contributed by atoms with Crippen molar-refractivity contribution >= 4 is 59.1 Å². The number of nitrogens with one attached hydrogen (secondary N) is 10. The molecule has 1 rings (SSSR count). The molecule has 15 N–H and O–H groups in total. The predicted molar refractivity (Wildman–Crippen MR) is 207 cm³/mol. The number of hydrogen-bond acceptors (Lipinski definition) is 14. The number of rotatable bonds is 27. The van der Waals surface area contributed by atoms with Crippen LogP contribution in [-0.2, 0) is 47.9 Å². The van der Waals surface area contributed by atoms with Gasteiger partial charge in [-0.2, -0.15) is 0 Å². The van der Waals surface area contributed by atoms with Crippen molar-refractivity contribution in [3.8, 4) is 0 Å². The Labute approximate surface area is 341 Å². The molecular weight excluding hydrogens is 782 g/mol. The van der Waals surface area contributed by atoms with Gasteiger partial charge in [-0.15, -0.1) is 0 Å². The molecule has 0 bridgehead atoms. The van der Waals surface area contributed by atoms with E-state index in [-0.39, 0.29) is 31.5 Å². The minimum atomic E-state index is -1.60. The summed E-state index contributed by atoms with van der Waals surface area (Å²) in [6, 6.07) is -8.55. The Hall–Kier alpha value is -5.46. The number of amides is 9. The number of aliphatic carboxylic acids is 1. The van der Waals surface area contributed by atoms with Crippen molar-refractivity contribution < 1.29 is 63.3 Å². The number of unbranched alkanes of at least 4 members (excludes halogenated alkanes) is 1. The molecule has 0 saturated carbocycles. The highest BCUT2D eigenvalue weighted by Gasteiger charge is 2.33. The SMILES string of the molecule is CC[C@H](C)[C@H](NC(=O)[C@H](CO)NC(=O)[C@H](C)NC(=O)[C@H](C)NC(=O)CNC(=O)CNC(=O)[C@@H]1CCCN1)C(=O)N[C@@H](CCCCN)C(=O)NCC(=O)N[C@@H](CO)C(=O)O. The highest BCUT2D eigenvalue weighted by atomic mass is 16.4. The molecule has 1 aliphatic heterocycles. The zero-order chi connectivity index (χ0) is 44.7. The lowest BCUT2D eigenvalue weighted by Crippen LogP contribution is -2.60. The molecule has 0 aromatic rings. The molecule has 0 aromatic carbocycles. The fourth-order valence-corrected chi connectivity index (χ4v) is 5.39. The standard InChI is InChI=1S/C35H61N11O13/c1-5-18(2)28(34(57)44-22(9-6-7-11-36)32(55)40-15-27(51)43-24(17-48)35(58)59)46-33(56)23(16-47)45-30(53)20(4)42-29(52)19(3)41-26(50)14-38-25(49)13-39-31(54)21-10-8-12-37-21/h18-24,28,37,47-48H,5-17,36H2,1-4H3,(H,38,49)(H,39,54)(H,40,55)(H,41,50)(H,42,52)(H,43,51)(H,44,57)(H,45,53)(H,46,56)(H,58,59)/t18-,19-,20-,21-,22-,23-,24-,28-/m0/s1. The van der Waals surface area contributed by atoms with Gasteiger partial charge in [-0.25, -0.2) is 4.79 Å². The average molecular weight is 844 g/mol. The van der Waals surface area contributed by atoms with Crippen molar-refractivity contribution in [2.75, 3.05) is 45.9 Å². The third kappa shape index (κ3) is 19.2. The topological polar surface area (TPSA) is 378 Å². The molecule has 8 atom stereocenters. The third-order valence-corrected chi connectivity index (χ3v) is 9.20. The fourth-order valence-electron chi connectivity index (χ4n) is 5.39. The maximum Gasteiger partial charge on any atom is 0.328 e. The lowest BCUT2D eigenvalue weighted by molar-refractivity contribution is -0.143. The molecule has 1 saturated heterocycles. The van der Waals surface area contributed by atoms with Crippen molar-refractivity contribution in [3.05, 3.63) is 0 Å². The average Bonchev–Trinajstić information content (AvgIpc) is 3.75. The summed E-state index contributed by atoms with van der Waals surface area (Å²) in [5, 5.41) is 52.2. The molecule has 1 fully saturated rings. The molecule has 334 valence electrons. The first-order valence-corrected chi connectivity index (χ1v) is 19.4. The molecule has 0 aromatic heterocycles. The molecular formula is C35H61N11O13. The second-order valence-electron chi connectivity index (χ2n) is 14.0. The van der Waals surface area contributed by atoms with Crippen molar-refractivity contribution in [3.63, 3.8) is 0 Å². The van der Waals surface area contributed by atoms with Crippen LogP contribution in [0.5, 0.6) is 0 Å². The van der Waals surface area contributed by atoms with Crippen LogP contribution in [0.3, 0.4) is 0 Å². The second-order valence-corrected chi connectivity index (χ2v) is 14.0. The van der Waals surface area contributed by atoms with Gasteiger partial charge in [-0.05, 0) is 65.0 Å². The van der Waals surface area contributed by atoms with E-state index >= 15 is 0 Å². The molecule has 0 unspecified atom stereocenters. The van der Waals surface area contributed by atoms with Gasteiger partial charge in [0.25, 0.3) is 0 Å². The number of nitrogens with two attached hydrogens (primary N) is 1. The zero-order valence-electron chi connectivity index (χ0n) is 33.8. The lowest BCUT2D eigenvalue weighted by Gasteiger charge is -2.28. The van der Waals surface area contributed by atoms with Crippen LogP contribution in [0.25, 0.3) is 0 Å². The maximum atomic E-state index is 13.5. The van der Waals surface area contributed by atoms with Gasteiger partial charge in [0.1, 0.15) is 36.3 Å². The summed E-state index contributed by atoms with van der Waals surface area (Å²) in [6.07, 6.45) is 2.78. The summed E-state index contributed by atoms with van der Waals surface area (Å²) < 4.78 is 0. The van der Waals surface area contributed by atoms with E-state index in [9.17, 15) is 53.1 Å². The number of carbonyl (C=O) groups is 10. The van der Waals surface area contributed by atoms with E-state index in [2.05, 4.69) is 47.9 Å². The van der Waals surface area contributed by atoms with Gasteiger partial charge in [0.05, 0.1) is 38.9 Å². The Bertz CT molecular complexity index is 1480. The number of hydrogen-bond donors (Lipinski definition) is 14. The number of aliphatic hydroxyl groups excluding tert-OH is 2. The summed E-state index contributed by atoms with van der Waals surface area (Å²) in [6.45, 7) is 3.59. The Kier molecular flexibility index (Phi) is 23.8. The van der Waals surface area contributed by atoms with Crippen LogP contribution in [0.2, 0.25) is 0 Å². The quantitative estimate of drug-likeness (QED) is 0.0342. The molecule has 0 spiro atoms. The van der Waals surface area contributed by atoms with Crippen molar-refractivity contribution in [1.82, 2.24) is 53.2 Å². The van der Waals surface area contributed by atoms with Gasteiger partial charge in [0.2, 0.25) is 53.2 Å². The number of carbonyl (C=O) groups excluding carboxylic acids is 9. The van der Waals surface area contributed by atoms with Gasteiger partial charge < -0.3 is 74.2 Å². The zero-order valence-corrected chi connectivity index (χ0v) is 33.8. The highest BCUT2D eigenvalue weighted by molar-refractivity contribution is 5.97. The van der Waals surface area contributed by atoms with Crippen molar-refractivity contribution in [2.24, 2.45) is 11.7 Å². The van der Waals surface area contributed by atoms with Crippen LogP contribution < -0.4 is 58.9 Å². The second kappa shape index (κ2) is 27.3. The fraction of sp³-hybridized carbons (Fsp3) is 0.714. The Morgan fingerprint density at radius 2 is 1.22 bits per heavy atom. The van der Waals surface area contributed by atoms with Crippen LogP contribution in [-0.4, -0.2) is 163 Å². The number of carboxylic acid groups (broad SMARTS) is 1. The van der Waals surface area contributed by atoms with Crippen LogP contribution in [0, 0.1) is 5.92 Å². The summed E-state index contributed by atoms with van der Waals surface area (Å²) in [5.41, 5.74) is 5.57. The summed E-state index contributed by atoms with van der Waals surface area (Å²) >= 11 is 0. The first-order chi connectivity index (χ1) is 27.9. The van der Waals surface area contributed by atoms with Crippen LogP contribution in [0.1, 0.15) is 66.2 Å². The van der Waals surface area contributed by atoms with E-state index in [0.717, 1.165) is 6.42 Å².